The van der Waals surface area contributed by atoms with Gasteiger partial charge in [-0.25, -0.2) is 4.79 Å². The predicted octanol–water partition coefficient (Wildman–Crippen LogP) is 2.64. The Labute approximate surface area is 335 Å². The van der Waals surface area contributed by atoms with Crippen LogP contribution >= 0.6 is 0 Å². The van der Waals surface area contributed by atoms with E-state index < -0.39 is 137 Å². The SMILES string of the molecule is CC(=O)O[C@H]1[C@@H](OC(C)=O)C(C)(C)C=C[C@@](C)(O)C(=O)[C@@]2(O)C[C@@](C)(OC(C)=O)[C@H](OC(C)=O)[C@@H]2[C@H]2OC(=O)CC[C@@]2(OC(=O)c2ccccc2)[C@@H]1OC(=O)C(C)C. The molecule has 318 valence electrons. The average molecular weight is 817 g/mol. The van der Waals surface area contributed by atoms with E-state index in [1.54, 1.807) is 6.07 Å². The summed E-state index contributed by atoms with van der Waals surface area (Å²) >= 11 is 0. The van der Waals surface area contributed by atoms with Crippen LogP contribution in [0.5, 0.6) is 0 Å². The highest BCUT2D eigenvalue weighted by Crippen LogP contribution is 2.56. The standard InChI is InChI=1S/C41H52O17/c1-21(2)34(47)56-33-29(52-22(3)42)32(54-24(5)44)37(7,8)18-19-38(9,50)36(49)40(51)20-39(10,57-25(6)45)30(53-23(4)43)28(40)31-41(33,17-16-27(46)55-31)58-35(48)26-14-12-11-13-15-26/h11-15,18-19,21,28-33,50-51H,16-17,20H2,1-10H3/t28-,29+,30-,31-,32-,33-,38-,39-,40-,41+/m1/s1. The van der Waals surface area contributed by atoms with Gasteiger partial charge in [-0.05, 0) is 32.1 Å². The number of Topliss-reactive ketones (excluding diaryl/α,β-unsaturated/α-hetero) is 1. The summed E-state index contributed by atoms with van der Waals surface area (Å²) in [6.07, 6.45) is -9.78. The van der Waals surface area contributed by atoms with Crippen LogP contribution < -0.4 is 0 Å². The largest absolute Gasteiger partial charge is 0.458 e. The zero-order chi connectivity index (χ0) is 43.8. The number of fused-ring (bicyclic) bond motifs is 3. The monoisotopic (exact) mass is 816 g/mol. The highest BCUT2D eigenvalue weighted by molar-refractivity contribution is 5.97. The van der Waals surface area contributed by atoms with Gasteiger partial charge in [0.15, 0.2) is 41.9 Å². The molecule has 2 aliphatic carbocycles. The number of carbonyl (C=O) groups excluding carboxylic acids is 8. The van der Waals surface area contributed by atoms with E-state index in [1.807, 2.05) is 0 Å². The lowest BCUT2D eigenvalue weighted by molar-refractivity contribution is -0.265. The van der Waals surface area contributed by atoms with Gasteiger partial charge >= 0.3 is 41.8 Å². The molecule has 1 aliphatic heterocycles. The summed E-state index contributed by atoms with van der Waals surface area (Å²) in [7, 11) is 0. The summed E-state index contributed by atoms with van der Waals surface area (Å²) in [4.78, 5) is 109. The third kappa shape index (κ3) is 9.09. The van der Waals surface area contributed by atoms with E-state index in [-0.39, 0.29) is 5.56 Å². The topological polar surface area (TPSA) is 242 Å². The lowest BCUT2D eigenvalue weighted by atomic mass is 9.66. The van der Waals surface area contributed by atoms with Crippen molar-refractivity contribution in [1.29, 1.82) is 0 Å². The lowest BCUT2D eigenvalue weighted by Gasteiger charge is -2.53. The van der Waals surface area contributed by atoms with Crippen LogP contribution in [0, 0.1) is 17.3 Å². The maximum absolute atomic E-state index is 14.9. The summed E-state index contributed by atoms with van der Waals surface area (Å²) in [6, 6.07) is 7.37. The minimum Gasteiger partial charge on any atom is -0.458 e. The maximum Gasteiger partial charge on any atom is 0.338 e. The first kappa shape index (κ1) is 45.5. The molecule has 0 bridgehead atoms. The molecule has 0 amide bonds. The van der Waals surface area contributed by atoms with Crippen molar-refractivity contribution in [2.75, 3.05) is 0 Å². The molecule has 10 atom stereocenters. The number of ketones is 1. The quantitative estimate of drug-likeness (QED) is 0.218. The summed E-state index contributed by atoms with van der Waals surface area (Å²) in [6.45, 7) is 12.2. The van der Waals surface area contributed by atoms with Crippen LogP contribution in [0.1, 0.15) is 98.9 Å². The summed E-state index contributed by atoms with van der Waals surface area (Å²) < 4.78 is 41.8. The Balaban J connectivity index is 2.30. The molecular formula is C41H52O17. The second kappa shape index (κ2) is 16.6. The van der Waals surface area contributed by atoms with Crippen LogP contribution in [0.15, 0.2) is 42.5 Å². The second-order valence-corrected chi connectivity index (χ2v) is 16.4. The zero-order valence-electron chi connectivity index (χ0n) is 34.2. The molecule has 2 fully saturated rings. The van der Waals surface area contributed by atoms with E-state index >= 15 is 0 Å². The fraction of sp³-hybridized carbons (Fsp3) is 0.610. The van der Waals surface area contributed by atoms with Crippen molar-refractivity contribution in [3.8, 4) is 0 Å². The summed E-state index contributed by atoms with van der Waals surface area (Å²) in [5.74, 6) is -11.4. The van der Waals surface area contributed by atoms with Gasteiger partial charge in [0.05, 0.1) is 17.4 Å². The first-order chi connectivity index (χ1) is 26.7. The van der Waals surface area contributed by atoms with Gasteiger partial charge in [-0.2, -0.15) is 0 Å². The molecule has 0 aromatic heterocycles. The zero-order valence-corrected chi connectivity index (χ0v) is 34.2. The molecule has 1 aromatic rings. The number of benzene rings is 1. The normalized spacial score (nSPS) is 34.4. The van der Waals surface area contributed by atoms with Crippen molar-refractivity contribution in [2.45, 2.75) is 141 Å². The Morgan fingerprint density at radius 2 is 1.31 bits per heavy atom. The molecule has 1 heterocycles. The molecule has 0 unspecified atom stereocenters. The number of carbonyl (C=O) groups is 8. The van der Waals surface area contributed by atoms with Crippen LogP contribution in [-0.4, -0.2) is 111 Å². The van der Waals surface area contributed by atoms with Gasteiger partial charge in [0.25, 0.3) is 0 Å². The van der Waals surface area contributed by atoms with Gasteiger partial charge in [0.1, 0.15) is 16.8 Å². The highest BCUT2D eigenvalue weighted by atomic mass is 16.7. The van der Waals surface area contributed by atoms with Gasteiger partial charge in [0, 0.05) is 52.4 Å². The predicted molar refractivity (Wildman–Crippen MR) is 197 cm³/mol. The highest BCUT2D eigenvalue weighted by Gasteiger charge is 2.76. The minimum atomic E-state index is -2.99. The van der Waals surface area contributed by atoms with Crippen molar-refractivity contribution in [3.05, 3.63) is 48.0 Å². The van der Waals surface area contributed by atoms with Gasteiger partial charge in [-0.3, -0.25) is 33.6 Å². The van der Waals surface area contributed by atoms with E-state index in [0.29, 0.717) is 0 Å². The molecule has 1 saturated heterocycles. The molecule has 2 N–H and O–H groups in total. The average Bonchev–Trinajstić information content (AvgIpc) is 3.32. The molecule has 58 heavy (non-hydrogen) atoms. The van der Waals surface area contributed by atoms with E-state index in [1.165, 1.54) is 65.0 Å². The molecule has 3 aliphatic rings. The van der Waals surface area contributed by atoms with Crippen molar-refractivity contribution >= 4 is 47.6 Å². The van der Waals surface area contributed by atoms with Crippen molar-refractivity contribution in [3.63, 3.8) is 0 Å². The number of esters is 7. The van der Waals surface area contributed by atoms with Crippen LogP contribution in [-0.2, 0) is 66.7 Å². The molecule has 17 nitrogen and oxygen atoms in total. The molecule has 0 radical (unpaired) electrons. The molecule has 1 aromatic carbocycles. The lowest BCUT2D eigenvalue weighted by Crippen LogP contribution is -2.72. The number of rotatable bonds is 8. The Morgan fingerprint density at radius 3 is 1.84 bits per heavy atom. The Hall–Kier alpha value is -5.16. The van der Waals surface area contributed by atoms with Crippen molar-refractivity contribution in [1.82, 2.24) is 0 Å². The first-order valence-electron chi connectivity index (χ1n) is 18.8. The van der Waals surface area contributed by atoms with Crippen LogP contribution in [0.2, 0.25) is 0 Å². The second-order valence-electron chi connectivity index (χ2n) is 16.4. The van der Waals surface area contributed by atoms with Crippen molar-refractivity contribution in [2.24, 2.45) is 17.3 Å². The van der Waals surface area contributed by atoms with Gasteiger partial charge < -0.3 is 43.4 Å². The number of hydrogen-bond acceptors (Lipinski definition) is 17. The van der Waals surface area contributed by atoms with Gasteiger partial charge in [0.2, 0.25) is 0 Å². The van der Waals surface area contributed by atoms with E-state index in [2.05, 4.69) is 0 Å². The summed E-state index contributed by atoms with van der Waals surface area (Å²) in [5.41, 5.74) is -12.1. The minimum absolute atomic E-state index is 0.0848. The smallest absolute Gasteiger partial charge is 0.338 e. The van der Waals surface area contributed by atoms with E-state index in [0.717, 1.165) is 40.7 Å². The third-order valence-corrected chi connectivity index (χ3v) is 10.7. The van der Waals surface area contributed by atoms with Gasteiger partial charge in [-0.15, -0.1) is 0 Å². The molecule has 0 spiro atoms. The molecule has 17 heteroatoms. The summed E-state index contributed by atoms with van der Waals surface area (Å²) in [5, 5.41) is 24.9. The molecule has 4 rings (SSSR count). The Bertz CT molecular complexity index is 1850. The molecule has 1 saturated carbocycles. The van der Waals surface area contributed by atoms with Crippen LogP contribution in [0.3, 0.4) is 0 Å². The number of ether oxygens (including phenoxy) is 7. The fourth-order valence-corrected chi connectivity index (χ4v) is 8.21. The van der Waals surface area contributed by atoms with Gasteiger partial charge in [-0.1, -0.05) is 52.0 Å². The number of hydrogen-bond donors (Lipinski definition) is 2. The first-order valence-corrected chi connectivity index (χ1v) is 18.8. The fourth-order valence-electron chi connectivity index (χ4n) is 8.21. The third-order valence-electron chi connectivity index (χ3n) is 10.7. The van der Waals surface area contributed by atoms with Crippen molar-refractivity contribution < 1.29 is 81.7 Å². The van der Waals surface area contributed by atoms with E-state index in [4.69, 9.17) is 33.2 Å². The Kier molecular flexibility index (Phi) is 13.0. The van der Waals surface area contributed by atoms with Crippen LogP contribution in [0.4, 0.5) is 0 Å². The molecular weight excluding hydrogens is 764 g/mol. The van der Waals surface area contributed by atoms with Crippen LogP contribution in [0.25, 0.3) is 0 Å². The van der Waals surface area contributed by atoms with E-state index in [9.17, 15) is 48.6 Å². The Morgan fingerprint density at radius 1 is 0.741 bits per heavy atom. The number of aliphatic hydroxyl groups is 2. The maximum atomic E-state index is 14.9.